The zero-order valence-electron chi connectivity index (χ0n) is 10.2. The van der Waals surface area contributed by atoms with E-state index in [4.69, 9.17) is 14.9 Å². The lowest BCUT2D eigenvalue weighted by Gasteiger charge is -2.13. The van der Waals surface area contributed by atoms with E-state index in [2.05, 4.69) is 18.8 Å². The number of oxazole rings is 1. The first-order valence-electron chi connectivity index (χ1n) is 6.07. The lowest BCUT2D eigenvalue weighted by molar-refractivity contribution is 0.179. The van der Waals surface area contributed by atoms with Gasteiger partial charge in [0.15, 0.2) is 0 Å². The van der Waals surface area contributed by atoms with Gasteiger partial charge in [0.1, 0.15) is 6.26 Å². The summed E-state index contributed by atoms with van der Waals surface area (Å²) in [4.78, 5) is 4.10. The van der Waals surface area contributed by atoms with E-state index in [1.54, 1.807) is 6.26 Å². The van der Waals surface area contributed by atoms with Gasteiger partial charge in [-0.05, 0) is 12.3 Å². The number of nitrogens with two attached hydrogens (primary N) is 1. The number of unbranched alkanes of at least 4 members (excludes halogenated alkanes) is 1. The Balaban J connectivity index is 2.31. The maximum absolute atomic E-state index is 5.51. The standard InChI is InChI=1S/C12H22N2O2/c1-3-5-6-10(4-2)8-15-12-14-11(7-13)9-16-12/h9-10H,3-8,13H2,1-2H3. The van der Waals surface area contributed by atoms with E-state index in [9.17, 15) is 0 Å². The van der Waals surface area contributed by atoms with Crippen LogP contribution in [0.5, 0.6) is 6.08 Å². The lowest BCUT2D eigenvalue weighted by Crippen LogP contribution is -2.11. The molecule has 0 aliphatic rings. The molecular weight excluding hydrogens is 204 g/mol. The molecule has 0 aromatic carbocycles. The number of nitrogens with zero attached hydrogens (tertiary/aromatic N) is 1. The highest BCUT2D eigenvalue weighted by Crippen LogP contribution is 2.16. The molecule has 0 aliphatic carbocycles. The normalized spacial score (nSPS) is 12.7. The van der Waals surface area contributed by atoms with Crippen molar-refractivity contribution in [2.45, 2.75) is 46.1 Å². The van der Waals surface area contributed by atoms with Crippen LogP contribution < -0.4 is 10.5 Å². The molecule has 0 bridgehead atoms. The minimum absolute atomic E-state index is 0.343. The van der Waals surface area contributed by atoms with E-state index >= 15 is 0 Å². The average molecular weight is 226 g/mol. The summed E-state index contributed by atoms with van der Waals surface area (Å²) < 4.78 is 10.6. The van der Waals surface area contributed by atoms with Crippen LogP contribution in [0.25, 0.3) is 0 Å². The number of ether oxygens (including phenoxy) is 1. The summed E-state index contributed by atoms with van der Waals surface area (Å²) >= 11 is 0. The van der Waals surface area contributed by atoms with Crippen LogP contribution in [-0.4, -0.2) is 11.6 Å². The van der Waals surface area contributed by atoms with Crippen molar-refractivity contribution in [2.24, 2.45) is 11.7 Å². The van der Waals surface area contributed by atoms with E-state index in [-0.39, 0.29) is 0 Å². The molecule has 0 radical (unpaired) electrons. The molecule has 1 heterocycles. The molecule has 0 saturated carbocycles. The number of hydrogen-bond donors (Lipinski definition) is 1. The van der Waals surface area contributed by atoms with E-state index in [1.807, 2.05) is 0 Å². The van der Waals surface area contributed by atoms with Gasteiger partial charge in [0.05, 0.1) is 12.3 Å². The van der Waals surface area contributed by atoms with Gasteiger partial charge < -0.3 is 14.9 Å². The van der Waals surface area contributed by atoms with E-state index in [1.165, 1.54) is 19.3 Å². The summed E-state index contributed by atoms with van der Waals surface area (Å²) in [6.45, 7) is 5.46. The second kappa shape index (κ2) is 7.28. The molecule has 0 saturated heterocycles. The Labute approximate surface area is 97.2 Å². The summed E-state index contributed by atoms with van der Waals surface area (Å²) in [7, 11) is 0. The van der Waals surface area contributed by atoms with Crippen molar-refractivity contribution in [3.8, 4) is 6.08 Å². The minimum Gasteiger partial charge on any atom is -0.450 e. The number of rotatable bonds is 8. The first-order chi connectivity index (χ1) is 7.80. The molecule has 4 nitrogen and oxygen atoms in total. The molecule has 0 aliphatic heterocycles. The summed E-state index contributed by atoms with van der Waals surface area (Å²) in [6.07, 6.45) is 6.70. The Kier molecular flexibility index (Phi) is 5.93. The van der Waals surface area contributed by atoms with Crippen LogP contribution >= 0.6 is 0 Å². The van der Waals surface area contributed by atoms with Crippen LogP contribution in [0.2, 0.25) is 0 Å². The highest BCUT2D eigenvalue weighted by molar-refractivity contribution is 4.98. The van der Waals surface area contributed by atoms with Crippen molar-refractivity contribution < 1.29 is 9.15 Å². The Morgan fingerprint density at radius 3 is 2.88 bits per heavy atom. The van der Waals surface area contributed by atoms with Crippen molar-refractivity contribution in [3.63, 3.8) is 0 Å². The Bertz CT molecular complexity index is 286. The number of aromatic nitrogens is 1. The highest BCUT2D eigenvalue weighted by Gasteiger charge is 2.09. The van der Waals surface area contributed by atoms with Crippen molar-refractivity contribution in [3.05, 3.63) is 12.0 Å². The molecule has 1 rings (SSSR count). The van der Waals surface area contributed by atoms with E-state index < -0.39 is 0 Å². The van der Waals surface area contributed by atoms with Gasteiger partial charge in [0.25, 0.3) is 0 Å². The molecule has 92 valence electrons. The summed E-state index contributed by atoms with van der Waals surface area (Å²) in [5.74, 6) is 0.591. The second-order valence-electron chi connectivity index (χ2n) is 4.04. The monoisotopic (exact) mass is 226 g/mol. The molecule has 1 aromatic heterocycles. The van der Waals surface area contributed by atoms with Gasteiger partial charge in [-0.2, -0.15) is 4.98 Å². The van der Waals surface area contributed by atoms with E-state index in [0.717, 1.165) is 12.1 Å². The lowest BCUT2D eigenvalue weighted by atomic mass is 10.0. The Morgan fingerprint density at radius 2 is 2.31 bits per heavy atom. The third-order valence-electron chi connectivity index (χ3n) is 2.73. The van der Waals surface area contributed by atoms with Crippen molar-refractivity contribution in [1.29, 1.82) is 0 Å². The zero-order chi connectivity index (χ0) is 11.8. The van der Waals surface area contributed by atoms with Gasteiger partial charge in [-0.1, -0.05) is 33.1 Å². The maximum Gasteiger partial charge on any atom is 0.393 e. The molecule has 1 atom stereocenters. The molecular formula is C12H22N2O2. The molecule has 16 heavy (non-hydrogen) atoms. The fourth-order valence-corrected chi connectivity index (χ4v) is 1.54. The Hall–Kier alpha value is -1.03. The molecule has 0 amide bonds. The largest absolute Gasteiger partial charge is 0.450 e. The first-order valence-corrected chi connectivity index (χ1v) is 6.07. The topological polar surface area (TPSA) is 61.3 Å². The van der Waals surface area contributed by atoms with Crippen molar-refractivity contribution >= 4 is 0 Å². The van der Waals surface area contributed by atoms with Crippen LogP contribution in [0.15, 0.2) is 10.7 Å². The van der Waals surface area contributed by atoms with Gasteiger partial charge in [-0.25, -0.2) is 0 Å². The highest BCUT2D eigenvalue weighted by atomic mass is 16.6. The zero-order valence-corrected chi connectivity index (χ0v) is 10.2. The third-order valence-corrected chi connectivity index (χ3v) is 2.73. The molecule has 1 unspecified atom stereocenters. The molecule has 4 heteroatoms. The smallest absolute Gasteiger partial charge is 0.393 e. The summed E-state index contributed by atoms with van der Waals surface area (Å²) in [5, 5.41) is 0. The first kappa shape index (κ1) is 13.0. The van der Waals surface area contributed by atoms with Crippen molar-refractivity contribution in [2.75, 3.05) is 6.61 Å². The fraction of sp³-hybridized carbons (Fsp3) is 0.750. The van der Waals surface area contributed by atoms with Gasteiger partial charge in [0.2, 0.25) is 0 Å². The average Bonchev–Trinajstić information content (AvgIpc) is 2.77. The van der Waals surface area contributed by atoms with Crippen LogP contribution in [0.4, 0.5) is 0 Å². The maximum atomic E-state index is 5.51. The second-order valence-corrected chi connectivity index (χ2v) is 4.04. The summed E-state index contributed by atoms with van der Waals surface area (Å²) in [5.41, 5.74) is 6.17. The SMILES string of the molecule is CCCCC(CC)COc1nc(CN)co1. The fourth-order valence-electron chi connectivity index (χ4n) is 1.54. The van der Waals surface area contributed by atoms with Gasteiger partial charge in [-0.3, -0.25) is 0 Å². The predicted octanol–water partition coefficient (Wildman–Crippen LogP) is 2.73. The molecule has 0 spiro atoms. The van der Waals surface area contributed by atoms with Gasteiger partial charge >= 0.3 is 6.08 Å². The van der Waals surface area contributed by atoms with Gasteiger partial charge in [0, 0.05) is 6.54 Å². The van der Waals surface area contributed by atoms with Crippen LogP contribution in [0, 0.1) is 5.92 Å². The molecule has 2 N–H and O–H groups in total. The summed E-state index contributed by atoms with van der Waals surface area (Å²) in [6, 6.07) is 0. The van der Waals surface area contributed by atoms with Crippen LogP contribution in [0.3, 0.4) is 0 Å². The predicted molar refractivity (Wildman–Crippen MR) is 63.2 cm³/mol. The molecule has 1 aromatic rings. The van der Waals surface area contributed by atoms with Crippen molar-refractivity contribution in [1.82, 2.24) is 4.98 Å². The van der Waals surface area contributed by atoms with E-state index in [0.29, 0.717) is 25.1 Å². The quantitative estimate of drug-likeness (QED) is 0.740. The number of hydrogen-bond acceptors (Lipinski definition) is 4. The van der Waals surface area contributed by atoms with Gasteiger partial charge in [-0.15, -0.1) is 0 Å². The minimum atomic E-state index is 0.343. The third kappa shape index (κ3) is 4.23. The van der Waals surface area contributed by atoms with Crippen LogP contribution in [0.1, 0.15) is 45.2 Å². The molecule has 0 fully saturated rings. The van der Waals surface area contributed by atoms with Crippen LogP contribution in [-0.2, 0) is 6.54 Å². The Morgan fingerprint density at radius 1 is 1.50 bits per heavy atom.